The summed E-state index contributed by atoms with van der Waals surface area (Å²) in [5.74, 6) is -2.59. The van der Waals surface area contributed by atoms with Crippen molar-refractivity contribution in [1.29, 1.82) is 0 Å². The van der Waals surface area contributed by atoms with Crippen molar-refractivity contribution in [2.24, 2.45) is 0 Å². The van der Waals surface area contributed by atoms with Crippen LogP contribution >= 0.6 is 0 Å². The van der Waals surface area contributed by atoms with E-state index in [1.54, 1.807) is 0 Å². The Bertz CT molecular complexity index is 953. The number of carbonyl (C=O) groups is 2. The minimum Gasteiger partial charge on any atom is -0.442 e. The van der Waals surface area contributed by atoms with E-state index in [0.29, 0.717) is 12.8 Å². The molecule has 0 radical (unpaired) electrons. The van der Waals surface area contributed by atoms with Crippen molar-refractivity contribution in [2.75, 3.05) is 0 Å². The van der Waals surface area contributed by atoms with E-state index in [2.05, 4.69) is 57.8 Å². The van der Waals surface area contributed by atoms with Crippen LogP contribution in [0, 0.1) is 0 Å². The first-order valence-electron chi connectivity index (χ1n) is 12.5. The highest BCUT2D eigenvalue weighted by molar-refractivity contribution is 5.89. The number of ether oxygens (including phenoxy) is 2. The molecule has 0 bridgehead atoms. The fraction of sp³-hybridized carbons (Fsp3) is 0.414. The third kappa shape index (κ3) is 15.6. The number of pyridine rings is 1. The molecule has 1 aromatic rings. The second kappa shape index (κ2) is 19.6. The van der Waals surface area contributed by atoms with Gasteiger partial charge in [0, 0.05) is 18.8 Å². The molecule has 2 atom stereocenters. The fourth-order valence-corrected chi connectivity index (χ4v) is 2.91. The van der Waals surface area contributed by atoms with Gasteiger partial charge in [-0.3, -0.25) is 9.78 Å². The van der Waals surface area contributed by atoms with Gasteiger partial charge in [-0.2, -0.15) is 17.6 Å². The van der Waals surface area contributed by atoms with Crippen molar-refractivity contribution in [3.63, 3.8) is 0 Å². The van der Waals surface area contributed by atoms with Gasteiger partial charge >= 0.3 is 18.1 Å². The van der Waals surface area contributed by atoms with E-state index in [0.717, 1.165) is 37.9 Å². The van der Waals surface area contributed by atoms with Gasteiger partial charge in [-0.15, -0.1) is 0 Å². The van der Waals surface area contributed by atoms with Gasteiger partial charge in [0.1, 0.15) is 0 Å². The topological polar surface area (TPSA) is 65.5 Å². The molecule has 0 saturated heterocycles. The zero-order valence-electron chi connectivity index (χ0n) is 21.5. The Morgan fingerprint density at radius 1 is 0.895 bits per heavy atom. The van der Waals surface area contributed by atoms with Gasteiger partial charge in [-0.25, -0.2) is 4.79 Å². The summed E-state index contributed by atoms with van der Waals surface area (Å²) in [7, 11) is 0. The van der Waals surface area contributed by atoms with Crippen molar-refractivity contribution in [2.45, 2.75) is 76.9 Å². The lowest BCUT2D eigenvalue weighted by Crippen LogP contribution is -2.43. The summed E-state index contributed by atoms with van der Waals surface area (Å²) in [6.07, 6.45) is 15.9. The van der Waals surface area contributed by atoms with Gasteiger partial charge in [0.2, 0.25) is 0 Å². The molecule has 1 rings (SSSR count). The standard InChI is InChI=1S/C29H35F4NO4/c1-2-3-4-5-6-7-8-9-10-11-12-13-14-15-16-17-18-21-25(35)37-27(30)26(29(31,32)33)38-28(36)24-20-19-22-34-23-24/h3-4,6-7,9-10,12-13,15-16,19-20,22-23,26-27H,2,5,8,11,14,17-18,21H2,1H3. The average Bonchev–Trinajstić information content (AvgIpc) is 2.88. The average molecular weight is 538 g/mol. The number of nitrogens with zero attached hydrogens (tertiary/aromatic N) is 1. The Balaban J connectivity index is 2.26. The summed E-state index contributed by atoms with van der Waals surface area (Å²) in [6, 6.07) is 2.47. The number of halogens is 4. The van der Waals surface area contributed by atoms with E-state index < -0.39 is 30.6 Å². The molecule has 0 saturated carbocycles. The molecule has 0 N–H and O–H groups in total. The third-order valence-corrected chi connectivity index (χ3v) is 4.85. The summed E-state index contributed by atoms with van der Waals surface area (Å²) >= 11 is 0. The zero-order valence-corrected chi connectivity index (χ0v) is 21.5. The molecule has 0 aliphatic carbocycles. The van der Waals surface area contributed by atoms with Crippen molar-refractivity contribution >= 4 is 11.9 Å². The summed E-state index contributed by atoms with van der Waals surface area (Å²) in [6.45, 7) is 2.10. The Labute approximate surface area is 221 Å². The molecule has 2 unspecified atom stereocenters. The van der Waals surface area contributed by atoms with Gasteiger partial charge in [0.15, 0.2) is 0 Å². The summed E-state index contributed by atoms with van der Waals surface area (Å²) in [4.78, 5) is 27.2. The normalized spacial score (nSPS) is 14.2. The molecule has 0 aliphatic heterocycles. The van der Waals surface area contributed by atoms with Crippen molar-refractivity contribution in [1.82, 2.24) is 4.98 Å². The maximum Gasteiger partial charge on any atom is 0.432 e. The second-order valence-electron chi connectivity index (χ2n) is 8.05. The lowest BCUT2D eigenvalue weighted by Gasteiger charge is -2.23. The van der Waals surface area contributed by atoms with E-state index >= 15 is 0 Å². The number of hydrogen-bond donors (Lipinski definition) is 0. The van der Waals surface area contributed by atoms with E-state index in [-0.39, 0.29) is 18.4 Å². The molecule has 5 nitrogen and oxygen atoms in total. The maximum atomic E-state index is 14.1. The minimum atomic E-state index is -5.27. The summed E-state index contributed by atoms with van der Waals surface area (Å²) in [5.41, 5.74) is -0.294. The predicted octanol–water partition coefficient (Wildman–Crippen LogP) is 7.93. The number of hydrogen-bond acceptors (Lipinski definition) is 5. The highest BCUT2D eigenvalue weighted by atomic mass is 19.4. The molecule has 0 aliphatic rings. The third-order valence-electron chi connectivity index (χ3n) is 4.85. The van der Waals surface area contributed by atoms with Gasteiger partial charge in [-0.05, 0) is 57.1 Å². The molecule has 0 fully saturated rings. The van der Waals surface area contributed by atoms with Crippen LogP contribution in [0.2, 0.25) is 0 Å². The van der Waals surface area contributed by atoms with Crippen LogP contribution in [0.3, 0.4) is 0 Å². The van der Waals surface area contributed by atoms with E-state index in [1.165, 1.54) is 12.3 Å². The molecule has 1 heterocycles. The van der Waals surface area contributed by atoms with Gasteiger partial charge < -0.3 is 9.47 Å². The fourth-order valence-electron chi connectivity index (χ4n) is 2.91. The first kappa shape index (κ1) is 32.5. The minimum absolute atomic E-state index is 0.266. The first-order valence-corrected chi connectivity index (χ1v) is 12.5. The monoisotopic (exact) mass is 537 g/mol. The van der Waals surface area contributed by atoms with E-state index in [1.807, 2.05) is 24.3 Å². The summed E-state index contributed by atoms with van der Waals surface area (Å²) in [5, 5.41) is 0. The number of carbonyl (C=O) groups excluding carboxylic acids is 2. The van der Waals surface area contributed by atoms with Crippen molar-refractivity contribution < 1.29 is 36.6 Å². The number of rotatable bonds is 17. The SMILES string of the molecule is CCC=CCC=CCC=CCC=CCC=CCCCC(=O)OC(F)C(OC(=O)c1cccnc1)C(F)(F)F. The van der Waals surface area contributed by atoms with Crippen LogP contribution in [0.5, 0.6) is 0 Å². The van der Waals surface area contributed by atoms with Crippen LogP contribution in [0.25, 0.3) is 0 Å². The lowest BCUT2D eigenvalue weighted by atomic mass is 10.2. The van der Waals surface area contributed by atoms with Gasteiger partial charge in [0.25, 0.3) is 12.5 Å². The largest absolute Gasteiger partial charge is 0.442 e. The highest BCUT2D eigenvalue weighted by Gasteiger charge is 2.50. The molecule has 1 aromatic heterocycles. The van der Waals surface area contributed by atoms with Crippen LogP contribution in [-0.4, -0.2) is 35.6 Å². The molecule has 0 amide bonds. The van der Waals surface area contributed by atoms with E-state index in [9.17, 15) is 27.2 Å². The van der Waals surface area contributed by atoms with Crippen LogP contribution in [-0.2, 0) is 14.3 Å². The Morgan fingerprint density at radius 2 is 1.45 bits per heavy atom. The zero-order chi connectivity index (χ0) is 28.1. The van der Waals surface area contributed by atoms with Gasteiger partial charge in [-0.1, -0.05) is 67.7 Å². The van der Waals surface area contributed by atoms with Gasteiger partial charge in [0.05, 0.1) is 5.56 Å². The molecule has 0 spiro atoms. The number of allylic oxidation sites excluding steroid dienone is 10. The van der Waals surface area contributed by atoms with E-state index in [4.69, 9.17) is 0 Å². The first-order chi connectivity index (χ1) is 18.3. The quantitative estimate of drug-likeness (QED) is 0.0874. The molecular weight excluding hydrogens is 502 g/mol. The van der Waals surface area contributed by atoms with Crippen molar-refractivity contribution in [3.05, 3.63) is 90.9 Å². The Kier molecular flexibility index (Phi) is 16.8. The Morgan fingerprint density at radius 3 is 1.95 bits per heavy atom. The maximum absolute atomic E-state index is 14.1. The van der Waals surface area contributed by atoms with Crippen LogP contribution in [0.4, 0.5) is 17.6 Å². The molecule has 0 aromatic carbocycles. The number of unbranched alkanes of at least 4 members (excludes halogenated alkanes) is 1. The molecule has 38 heavy (non-hydrogen) atoms. The lowest BCUT2D eigenvalue weighted by molar-refractivity contribution is -0.255. The molecule has 208 valence electrons. The number of esters is 2. The smallest absolute Gasteiger partial charge is 0.432 e. The predicted molar refractivity (Wildman–Crippen MR) is 139 cm³/mol. The second-order valence-corrected chi connectivity index (χ2v) is 8.05. The summed E-state index contributed by atoms with van der Waals surface area (Å²) < 4.78 is 62.1. The molecular formula is C29H35F4NO4. The van der Waals surface area contributed by atoms with Crippen molar-refractivity contribution in [3.8, 4) is 0 Å². The van der Waals surface area contributed by atoms with Crippen LogP contribution < -0.4 is 0 Å². The van der Waals surface area contributed by atoms with Crippen LogP contribution in [0.15, 0.2) is 85.3 Å². The van der Waals surface area contributed by atoms with Crippen LogP contribution in [0.1, 0.15) is 68.6 Å². The molecule has 9 heteroatoms. The number of alkyl halides is 4. The number of aromatic nitrogens is 1. The highest BCUT2D eigenvalue weighted by Crippen LogP contribution is 2.28. The Hall–Kier alpha value is -3.49.